The van der Waals surface area contributed by atoms with Gasteiger partial charge in [0.1, 0.15) is 11.1 Å². The molecule has 0 saturated heterocycles. The van der Waals surface area contributed by atoms with Crippen LogP contribution in [-0.2, 0) is 0 Å². The third-order valence-corrected chi connectivity index (χ3v) is 3.04. The number of benzene rings is 1. The van der Waals surface area contributed by atoms with E-state index in [1.165, 1.54) is 18.5 Å². The average Bonchev–Trinajstić information content (AvgIpc) is 2.84. The summed E-state index contributed by atoms with van der Waals surface area (Å²) in [6.45, 7) is 0. The minimum absolute atomic E-state index is 0.0469. The van der Waals surface area contributed by atoms with Crippen LogP contribution in [0.5, 0.6) is 0 Å². The van der Waals surface area contributed by atoms with E-state index in [1.54, 1.807) is 24.3 Å². The van der Waals surface area contributed by atoms with Gasteiger partial charge in [-0.05, 0) is 28.1 Å². The Labute approximate surface area is 115 Å². The smallest absolute Gasteiger partial charge is 0.349 e. The maximum atomic E-state index is 12.1. The van der Waals surface area contributed by atoms with E-state index in [9.17, 15) is 9.59 Å². The second kappa shape index (κ2) is 4.47. The third-order valence-electron chi connectivity index (χ3n) is 2.63. The summed E-state index contributed by atoms with van der Waals surface area (Å²) >= 11 is 3.19. The molecule has 0 fully saturated rings. The van der Waals surface area contributed by atoms with Gasteiger partial charge in [0.2, 0.25) is 0 Å². The maximum absolute atomic E-state index is 12.1. The van der Waals surface area contributed by atoms with Crippen LogP contribution in [0.4, 0.5) is 0 Å². The maximum Gasteiger partial charge on any atom is 0.349 e. The summed E-state index contributed by atoms with van der Waals surface area (Å²) in [5, 5.41) is 4.54. The molecule has 3 rings (SSSR count). The fourth-order valence-electron chi connectivity index (χ4n) is 1.75. The molecule has 0 aliphatic heterocycles. The number of hydrogen-bond acceptors (Lipinski definition) is 4. The number of aromatic nitrogens is 2. The largest absolute Gasteiger partial charge is 0.422 e. The zero-order chi connectivity index (χ0) is 13.4. The molecule has 5 nitrogen and oxygen atoms in total. The summed E-state index contributed by atoms with van der Waals surface area (Å²) in [5.41, 5.74) is -0.268. The van der Waals surface area contributed by atoms with Crippen molar-refractivity contribution in [1.29, 1.82) is 0 Å². The summed E-state index contributed by atoms with van der Waals surface area (Å²) in [4.78, 5) is 24.0. The fraction of sp³-hybridized carbons (Fsp3) is 0. The first-order valence-corrected chi connectivity index (χ1v) is 6.22. The summed E-state index contributed by atoms with van der Waals surface area (Å²) < 4.78 is 6.86. The zero-order valence-corrected chi connectivity index (χ0v) is 11.1. The Balaban J connectivity index is 2.17. The van der Waals surface area contributed by atoms with Gasteiger partial charge in [0, 0.05) is 11.6 Å². The Morgan fingerprint density at radius 1 is 1.32 bits per heavy atom. The third kappa shape index (κ3) is 2.10. The van der Waals surface area contributed by atoms with Crippen molar-refractivity contribution in [3.8, 4) is 0 Å². The first kappa shape index (κ1) is 11.9. The standard InChI is InChI=1S/C13H7BrN2O3/c14-9-6-15-16(7-9)12(17)10-5-8-3-1-2-4-11(8)19-13(10)18/h1-7H. The van der Waals surface area contributed by atoms with Crippen molar-refractivity contribution in [2.45, 2.75) is 0 Å². The number of halogens is 1. The first-order valence-electron chi connectivity index (χ1n) is 5.43. The van der Waals surface area contributed by atoms with Crippen molar-refractivity contribution in [3.05, 3.63) is 63.2 Å². The van der Waals surface area contributed by atoms with Gasteiger partial charge in [0.25, 0.3) is 5.91 Å². The minimum atomic E-state index is -0.671. The second-order valence-electron chi connectivity index (χ2n) is 3.89. The van der Waals surface area contributed by atoms with Gasteiger partial charge in [-0.15, -0.1) is 0 Å². The highest BCUT2D eigenvalue weighted by Crippen LogP contribution is 2.14. The van der Waals surface area contributed by atoms with E-state index in [0.717, 1.165) is 4.68 Å². The number of rotatable bonds is 1. The predicted octanol–water partition coefficient (Wildman–Crippen LogP) is 2.44. The summed E-state index contributed by atoms with van der Waals surface area (Å²) in [5.74, 6) is -0.523. The Morgan fingerprint density at radius 2 is 2.11 bits per heavy atom. The van der Waals surface area contributed by atoms with E-state index in [1.807, 2.05) is 0 Å². The molecule has 0 N–H and O–H groups in total. The molecule has 0 atom stereocenters. The molecule has 6 heteroatoms. The molecule has 0 saturated carbocycles. The minimum Gasteiger partial charge on any atom is -0.422 e. The number of nitrogens with zero attached hydrogens (tertiary/aromatic N) is 2. The molecule has 0 radical (unpaired) electrons. The molecule has 0 aliphatic carbocycles. The van der Waals surface area contributed by atoms with Gasteiger partial charge in [0.15, 0.2) is 0 Å². The molecule has 1 aromatic carbocycles. The topological polar surface area (TPSA) is 65.1 Å². The molecule has 2 aromatic heterocycles. The van der Waals surface area contributed by atoms with E-state index in [0.29, 0.717) is 15.4 Å². The molecule has 94 valence electrons. The van der Waals surface area contributed by atoms with Crippen molar-refractivity contribution in [3.63, 3.8) is 0 Å². The van der Waals surface area contributed by atoms with Gasteiger partial charge in [-0.1, -0.05) is 18.2 Å². The van der Waals surface area contributed by atoms with Crippen molar-refractivity contribution >= 4 is 32.8 Å². The lowest BCUT2D eigenvalue weighted by Crippen LogP contribution is -2.20. The van der Waals surface area contributed by atoms with Gasteiger partial charge in [-0.3, -0.25) is 4.79 Å². The van der Waals surface area contributed by atoms with Crippen LogP contribution in [0, 0.1) is 0 Å². The van der Waals surface area contributed by atoms with Gasteiger partial charge < -0.3 is 4.42 Å². The Bertz CT molecular complexity index is 835. The first-order chi connectivity index (χ1) is 9.15. The van der Waals surface area contributed by atoms with Crippen molar-refractivity contribution in [2.75, 3.05) is 0 Å². The highest BCUT2D eigenvalue weighted by Gasteiger charge is 2.16. The molecule has 0 amide bonds. The van der Waals surface area contributed by atoms with Gasteiger partial charge in [0.05, 0.1) is 10.7 Å². The number of carbonyl (C=O) groups is 1. The Hall–Kier alpha value is -2.21. The van der Waals surface area contributed by atoms with Gasteiger partial charge in [-0.2, -0.15) is 5.10 Å². The summed E-state index contributed by atoms with van der Waals surface area (Å²) in [7, 11) is 0. The normalized spacial score (nSPS) is 10.8. The second-order valence-corrected chi connectivity index (χ2v) is 4.81. The average molecular weight is 319 g/mol. The highest BCUT2D eigenvalue weighted by molar-refractivity contribution is 9.10. The quantitative estimate of drug-likeness (QED) is 0.646. The molecular formula is C13H7BrN2O3. The SMILES string of the molecule is O=C(c1cc2ccccc2oc1=O)n1cc(Br)cn1. The van der Waals surface area contributed by atoms with Gasteiger partial charge in [-0.25, -0.2) is 9.48 Å². The lowest BCUT2D eigenvalue weighted by Gasteiger charge is -2.01. The highest BCUT2D eigenvalue weighted by atomic mass is 79.9. The molecule has 0 aliphatic rings. The molecule has 19 heavy (non-hydrogen) atoms. The monoisotopic (exact) mass is 318 g/mol. The van der Waals surface area contributed by atoms with Crippen LogP contribution in [0.3, 0.4) is 0 Å². The van der Waals surface area contributed by atoms with E-state index in [-0.39, 0.29) is 5.56 Å². The molecule has 0 bridgehead atoms. The summed E-state index contributed by atoms with van der Waals surface area (Å²) in [6, 6.07) is 8.53. The van der Waals surface area contributed by atoms with Crippen LogP contribution in [0.1, 0.15) is 10.4 Å². The van der Waals surface area contributed by atoms with Crippen LogP contribution >= 0.6 is 15.9 Å². The van der Waals surface area contributed by atoms with Crippen molar-refractivity contribution in [2.24, 2.45) is 0 Å². The van der Waals surface area contributed by atoms with Crippen LogP contribution in [0.2, 0.25) is 0 Å². The van der Waals surface area contributed by atoms with E-state index in [2.05, 4.69) is 21.0 Å². The van der Waals surface area contributed by atoms with Crippen LogP contribution in [0.25, 0.3) is 11.0 Å². The van der Waals surface area contributed by atoms with Crippen LogP contribution in [0.15, 0.2) is 56.4 Å². The summed E-state index contributed by atoms with van der Waals surface area (Å²) in [6.07, 6.45) is 2.96. The molecular weight excluding hydrogens is 312 g/mol. The predicted molar refractivity (Wildman–Crippen MR) is 72.1 cm³/mol. The van der Waals surface area contributed by atoms with E-state index >= 15 is 0 Å². The molecule has 0 unspecified atom stereocenters. The van der Waals surface area contributed by atoms with Crippen molar-refractivity contribution in [1.82, 2.24) is 9.78 Å². The zero-order valence-electron chi connectivity index (χ0n) is 9.54. The fourth-order valence-corrected chi connectivity index (χ4v) is 2.03. The lowest BCUT2D eigenvalue weighted by atomic mass is 10.2. The Kier molecular flexibility index (Phi) is 2.79. The molecule has 0 spiro atoms. The van der Waals surface area contributed by atoms with Crippen LogP contribution < -0.4 is 5.63 Å². The number of para-hydroxylation sites is 1. The number of hydrogen-bond donors (Lipinski definition) is 0. The lowest BCUT2D eigenvalue weighted by molar-refractivity contribution is 0.0941. The van der Waals surface area contributed by atoms with Crippen LogP contribution in [-0.4, -0.2) is 15.7 Å². The van der Waals surface area contributed by atoms with Crippen molar-refractivity contribution < 1.29 is 9.21 Å². The Morgan fingerprint density at radius 3 is 2.84 bits per heavy atom. The number of fused-ring (bicyclic) bond motifs is 1. The number of carbonyl (C=O) groups excluding carboxylic acids is 1. The van der Waals surface area contributed by atoms with Gasteiger partial charge >= 0.3 is 5.63 Å². The molecule has 2 heterocycles. The van der Waals surface area contributed by atoms with E-state index < -0.39 is 11.5 Å². The van der Waals surface area contributed by atoms with E-state index in [4.69, 9.17) is 4.42 Å². The molecule has 3 aromatic rings.